The Bertz CT molecular complexity index is 1570. The summed E-state index contributed by atoms with van der Waals surface area (Å²) in [6.45, 7) is 8.08. The first-order chi connectivity index (χ1) is 15.2. The Morgan fingerprint density at radius 3 is 1.25 bits per heavy atom. The molecule has 0 saturated heterocycles. The number of aromatic nitrogens is 2. The van der Waals surface area contributed by atoms with Crippen molar-refractivity contribution in [1.29, 1.82) is 0 Å². The Hall–Kier alpha value is -1.94. The highest BCUT2D eigenvalue weighted by Gasteiger charge is 2.16. The summed E-state index contributed by atoms with van der Waals surface area (Å²) in [5, 5.41) is 2.72. The molecule has 0 bridgehead atoms. The molecule has 4 nitrogen and oxygen atoms in total. The van der Waals surface area contributed by atoms with E-state index in [1.165, 1.54) is 0 Å². The molecule has 3 aromatic carbocycles. The van der Waals surface area contributed by atoms with Gasteiger partial charge >= 0.3 is 0 Å². The molecule has 6 heteroatoms. The monoisotopic (exact) mass is 650 g/mol. The van der Waals surface area contributed by atoms with Gasteiger partial charge in [-0.2, -0.15) is 0 Å². The number of hydrogen-bond acceptors (Lipinski definition) is 2. The van der Waals surface area contributed by atoms with Crippen LogP contribution in [0.25, 0.3) is 43.6 Å². The molecule has 0 aliphatic rings. The zero-order chi connectivity index (χ0) is 23.5. The topological polar surface area (TPSA) is 44.0 Å². The van der Waals surface area contributed by atoms with Crippen LogP contribution in [0.15, 0.2) is 46.0 Å². The van der Waals surface area contributed by atoms with Crippen molar-refractivity contribution in [3.05, 3.63) is 79.1 Å². The molecular formula is C26H24I2N2O2. The lowest BCUT2D eigenvalue weighted by Crippen LogP contribution is -2.14. The molecular weight excluding hydrogens is 626 g/mol. The second kappa shape index (κ2) is 8.44. The number of aryl methyl sites for hydroxylation is 6. The predicted octanol–water partition coefficient (Wildman–Crippen LogP) is 6.70. The summed E-state index contributed by atoms with van der Waals surface area (Å²) in [4.78, 5) is 26.9. The molecule has 5 rings (SSSR count). The van der Waals surface area contributed by atoms with E-state index in [1.807, 2.05) is 75.2 Å². The van der Waals surface area contributed by atoms with Crippen LogP contribution in [0.5, 0.6) is 0 Å². The van der Waals surface area contributed by atoms with Crippen LogP contribution in [0.2, 0.25) is 0 Å². The molecule has 0 atom stereocenters. The molecule has 0 unspecified atom stereocenters. The second-order valence-corrected chi connectivity index (χ2v) is 8.62. The van der Waals surface area contributed by atoms with Gasteiger partial charge in [-0.1, -0.05) is 12.1 Å². The average molecular weight is 650 g/mol. The van der Waals surface area contributed by atoms with Crippen molar-refractivity contribution >= 4 is 80.8 Å². The molecule has 0 aliphatic heterocycles. The SMILES string of the molecule is Cc1cc(C)c2c(c1)c(=O)c1cc3c(cc1n2C)c(=O)c1cc(C)cc(C)c1n3C.II. The maximum atomic E-state index is 13.5. The summed E-state index contributed by atoms with van der Waals surface area (Å²) in [6, 6.07) is 11.9. The zero-order valence-corrected chi connectivity index (χ0v) is 23.2. The standard InChI is InChI=1S/C26H24N2O2.I2/c1-13-7-15(3)23-19(9-13)25(29)17-11-22-18(12-21(17)27(23)5)26(30)20-10-14(2)8-16(4)24(20)28(22)6;1-2/h7-12H,1-6H3;. The van der Waals surface area contributed by atoms with E-state index in [2.05, 4.69) is 49.4 Å². The van der Waals surface area contributed by atoms with Gasteiger partial charge in [0.2, 0.25) is 0 Å². The van der Waals surface area contributed by atoms with Gasteiger partial charge in [-0.25, -0.2) is 0 Å². The van der Waals surface area contributed by atoms with Crippen molar-refractivity contribution in [1.82, 2.24) is 9.13 Å². The fraction of sp³-hybridized carbons (Fsp3) is 0.231. The normalized spacial score (nSPS) is 11.4. The maximum absolute atomic E-state index is 13.5. The maximum Gasteiger partial charge on any atom is 0.197 e. The van der Waals surface area contributed by atoms with Crippen molar-refractivity contribution in [3.63, 3.8) is 0 Å². The average Bonchev–Trinajstić information content (AvgIpc) is 2.75. The number of halogens is 2. The van der Waals surface area contributed by atoms with Gasteiger partial charge in [-0.15, -0.1) is 0 Å². The number of fused-ring (bicyclic) bond motifs is 4. The van der Waals surface area contributed by atoms with Gasteiger partial charge < -0.3 is 9.13 Å². The van der Waals surface area contributed by atoms with Crippen molar-refractivity contribution in [3.8, 4) is 0 Å². The summed E-state index contributed by atoms with van der Waals surface area (Å²) in [5.41, 5.74) is 7.70. The van der Waals surface area contributed by atoms with E-state index in [0.717, 1.165) is 55.1 Å². The molecule has 5 aromatic rings. The molecule has 0 aliphatic carbocycles. The van der Waals surface area contributed by atoms with Crippen molar-refractivity contribution < 1.29 is 0 Å². The number of benzene rings is 3. The lowest BCUT2D eigenvalue weighted by molar-refractivity contribution is 0.987. The van der Waals surface area contributed by atoms with E-state index in [-0.39, 0.29) is 10.9 Å². The van der Waals surface area contributed by atoms with Gasteiger partial charge in [0, 0.05) is 72.9 Å². The first-order valence-corrected chi connectivity index (χ1v) is 16.6. The number of rotatable bonds is 0. The van der Waals surface area contributed by atoms with Crippen LogP contribution in [0.4, 0.5) is 0 Å². The van der Waals surface area contributed by atoms with Crippen LogP contribution >= 0.6 is 37.2 Å². The van der Waals surface area contributed by atoms with Gasteiger partial charge in [0.25, 0.3) is 0 Å². The Labute approximate surface area is 209 Å². The molecule has 0 amide bonds. The summed E-state index contributed by atoms with van der Waals surface area (Å²) < 4.78 is 4.09. The fourth-order valence-corrected chi connectivity index (χ4v) is 5.18. The van der Waals surface area contributed by atoms with E-state index in [4.69, 9.17) is 0 Å². The molecule has 2 aromatic heterocycles. The fourth-order valence-electron chi connectivity index (χ4n) is 5.18. The highest BCUT2D eigenvalue weighted by Crippen LogP contribution is 2.28. The Morgan fingerprint density at radius 1 is 0.562 bits per heavy atom. The third-order valence-corrected chi connectivity index (χ3v) is 6.38. The summed E-state index contributed by atoms with van der Waals surface area (Å²) in [5.74, 6) is 0. The smallest absolute Gasteiger partial charge is 0.197 e. The molecule has 2 heterocycles. The van der Waals surface area contributed by atoms with Gasteiger partial charge in [0.05, 0.1) is 22.1 Å². The van der Waals surface area contributed by atoms with Crippen molar-refractivity contribution in [2.45, 2.75) is 27.7 Å². The number of hydrogen-bond donors (Lipinski definition) is 0. The third-order valence-electron chi connectivity index (χ3n) is 6.38. The van der Waals surface area contributed by atoms with Gasteiger partial charge in [0.1, 0.15) is 0 Å². The minimum Gasteiger partial charge on any atom is -0.343 e. The van der Waals surface area contributed by atoms with E-state index in [9.17, 15) is 9.59 Å². The largest absolute Gasteiger partial charge is 0.343 e. The van der Waals surface area contributed by atoms with Crippen LogP contribution in [-0.2, 0) is 14.1 Å². The Kier molecular flexibility index (Phi) is 6.13. The van der Waals surface area contributed by atoms with E-state index >= 15 is 0 Å². The molecule has 0 N–H and O–H groups in total. The number of pyridine rings is 2. The number of nitrogens with zero attached hydrogens (tertiary/aromatic N) is 2. The quantitative estimate of drug-likeness (QED) is 0.138. The Balaban J connectivity index is 0.00000119. The molecule has 0 saturated carbocycles. The third kappa shape index (κ3) is 3.37. The van der Waals surface area contributed by atoms with Gasteiger partial charge in [-0.3, -0.25) is 9.59 Å². The summed E-state index contributed by atoms with van der Waals surface area (Å²) >= 11 is 4.24. The lowest BCUT2D eigenvalue weighted by atomic mass is 10.00. The predicted molar refractivity (Wildman–Crippen MR) is 154 cm³/mol. The van der Waals surface area contributed by atoms with Crippen LogP contribution in [0.3, 0.4) is 0 Å². The lowest BCUT2D eigenvalue weighted by Gasteiger charge is -2.17. The zero-order valence-electron chi connectivity index (χ0n) is 18.9. The molecule has 164 valence electrons. The van der Waals surface area contributed by atoms with Crippen LogP contribution in [0, 0.1) is 27.7 Å². The highest BCUT2D eigenvalue weighted by atomic mass is 128. The second-order valence-electron chi connectivity index (χ2n) is 8.62. The van der Waals surface area contributed by atoms with Crippen LogP contribution in [-0.4, -0.2) is 9.13 Å². The first-order valence-electron chi connectivity index (χ1n) is 10.3. The molecule has 0 spiro atoms. The van der Waals surface area contributed by atoms with Crippen LogP contribution in [0.1, 0.15) is 22.3 Å². The molecule has 0 radical (unpaired) electrons. The molecule has 0 fully saturated rings. The first kappa shape index (κ1) is 23.2. The van der Waals surface area contributed by atoms with E-state index in [0.29, 0.717) is 10.8 Å². The molecule has 32 heavy (non-hydrogen) atoms. The van der Waals surface area contributed by atoms with Crippen molar-refractivity contribution in [2.75, 3.05) is 0 Å². The van der Waals surface area contributed by atoms with E-state index in [1.54, 1.807) is 0 Å². The van der Waals surface area contributed by atoms with Crippen LogP contribution < -0.4 is 10.9 Å². The van der Waals surface area contributed by atoms with Crippen molar-refractivity contribution in [2.24, 2.45) is 14.1 Å². The summed E-state index contributed by atoms with van der Waals surface area (Å²) in [6.07, 6.45) is 0. The summed E-state index contributed by atoms with van der Waals surface area (Å²) in [7, 11) is 3.94. The Morgan fingerprint density at radius 2 is 0.906 bits per heavy atom. The van der Waals surface area contributed by atoms with Gasteiger partial charge in [0.15, 0.2) is 10.9 Å². The minimum absolute atomic E-state index is 0.0139. The minimum atomic E-state index is 0.0139. The van der Waals surface area contributed by atoms with E-state index < -0.39 is 0 Å². The highest BCUT2D eigenvalue weighted by molar-refractivity contribution is 15.0. The van der Waals surface area contributed by atoms with Gasteiger partial charge in [-0.05, 0) is 74.2 Å².